The lowest BCUT2D eigenvalue weighted by atomic mass is 10.1. The number of methoxy groups -OCH3 is 1. The van der Waals surface area contributed by atoms with Gasteiger partial charge in [-0.3, -0.25) is 0 Å². The van der Waals surface area contributed by atoms with Crippen LogP contribution in [0.4, 0.5) is 0 Å². The maximum atomic E-state index is 11.3. The first kappa shape index (κ1) is 13.0. The fourth-order valence-corrected chi connectivity index (χ4v) is 1.60. The van der Waals surface area contributed by atoms with Gasteiger partial charge in [-0.2, -0.15) is 0 Å². The molecule has 2 rings (SSSR count). The molecule has 7 nitrogen and oxygen atoms in total. The number of carboxylic acids is 1. The highest BCUT2D eigenvalue weighted by Gasteiger charge is 2.33. The molecule has 0 aliphatic carbocycles. The highest BCUT2D eigenvalue weighted by Crippen LogP contribution is 2.25. The van der Waals surface area contributed by atoms with Crippen molar-refractivity contribution in [2.75, 3.05) is 7.11 Å². The molecule has 1 heterocycles. The van der Waals surface area contributed by atoms with E-state index in [1.54, 1.807) is 31.4 Å². The summed E-state index contributed by atoms with van der Waals surface area (Å²) in [6.45, 7) is 3.07. The van der Waals surface area contributed by atoms with Gasteiger partial charge >= 0.3 is 5.97 Å². The molecule has 0 aliphatic rings. The van der Waals surface area contributed by atoms with Crippen LogP contribution < -0.4 is 4.74 Å². The molecule has 0 bridgehead atoms. The Labute approximate surface area is 109 Å². The van der Waals surface area contributed by atoms with Crippen molar-refractivity contribution in [2.24, 2.45) is 0 Å². The van der Waals surface area contributed by atoms with Crippen LogP contribution in [0.1, 0.15) is 13.8 Å². The zero-order valence-electron chi connectivity index (χ0n) is 10.9. The molecule has 19 heavy (non-hydrogen) atoms. The Kier molecular flexibility index (Phi) is 3.20. The number of nitrogens with zero attached hydrogens (tertiary/aromatic N) is 4. The SMILES string of the molecule is COc1cccc(-c2nnnn2C(C)(C)C(=O)O)c1. The Morgan fingerprint density at radius 2 is 2.16 bits per heavy atom. The summed E-state index contributed by atoms with van der Waals surface area (Å²) < 4.78 is 6.41. The van der Waals surface area contributed by atoms with Crippen molar-refractivity contribution in [3.05, 3.63) is 24.3 Å². The number of aromatic nitrogens is 4. The average Bonchev–Trinajstić information content (AvgIpc) is 2.88. The quantitative estimate of drug-likeness (QED) is 0.889. The van der Waals surface area contributed by atoms with Gasteiger partial charge in [-0.15, -0.1) is 5.10 Å². The van der Waals surface area contributed by atoms with Gasteiger partial charge in [0.05, 0.1) is 7.11 Å². The summed E-state index contributed by atoms with van der Waals surface area (Å²) in [5.74, 6) is 0.0235. The molecule has 0 saturated carbocycles. The fraction of sp³-hybridized carbons (Fsp3) is 0.333. The predicted molar refractivity (Wildman–Crippen MR) is 66.8 cm³/mol. The number of aliphatic carboxylic acids is 1. The summed E-state index contributed by atoms with van der Waals surface area (Å²) in [5, 5.41) is 20.5. The zero-order valence-corrected chi connectivity index (χ0v) is 10.9. The third kappa shape index (κ3) is 2.26. The second kappa shape index (κ2) is 4.68. The minimum absolute atomic E-state index is 0.381. The minimum atomic E-state index is -1.23. The third-order valence-corrected chi connectivity index (χ3v) is 2.85. The highest BCUT2D eigenvalue weighted by molar-refractivity contribution is 5.76. The van der Waals surface area contributed by atoms with E-state index in [9.17, 15) is 9.90 Å². The smallest absolute Gasteiger partial charge is 0.331 e. The zero-order chi connectivity index (χ0) is 14.0. The van der Waals surface area contributed by atoms with Gasteiger partial charge in [-0.25, -0.2) is 9.48 Å². The molecule has 0 aliphatic heterocycles. The lowest BCUT2D eigenvalue weighted by Crippen LogP contribution is -2.37. The molecule has 0 amide bonds. The van der Waals surface area contributed by atoms with Gasteiger partial charge in [-0.05, 0) is 36.4 Å². The van der Waals surface area contributed by atoms with Crippen LogP contribution in [0, 0.1) is 0 Å². The van der Waals surface area contributed by atoms with E-state index in [0.29, 0.717) is 17.1 Å². The van der Waals surface area contributed by atoms with Crippen molar-refractivity contribution >= 4 is 5.97 Å². The van der Waals surface area contributed by atoms with E-state index in [2.05, 4.69) is 15.5 Å². The van der Waals surface area contributed by atoms with E-state index in [-0.39, 0.29) is 0 Å². The van der Waals surface area contributed by atoms with Crippen LogP contribution in [0.3, 0.4) is 0 Å². The first-order valence-corrected chi connectivity index (χ1v) is 5.63. The summed E-state index contributed by atoms with van der Waals surface area (Å²) in [6.07, 6.45) is 0. The molecule has 0 unspecified atom stereocenters. The van der Waals surface area contributed by atoms with E-state index in [4.69, 9.17) is 4.74 Å². The molecule has 0 spiro atoms. The van der Waals surface area contributed by atoms with Crippen molar-refractivity contribution in [3.8, 4) is 17.1 Å². The van der Waals surface area contributed by atoms with Gasteiger partial charge in [0.25, 0.3) is 0 Å². The highest BCUT2D eigenvalue weighted by atomic mass is 16.5. The molecule has 0 atom stereocenters. The number of hydrogen-bond donors (Lipinski definition) is 1. The second-order valence-electron chi connectivity index (χ2n) is 4.51. The van der Waals surface area contributed by atoms with Gasteiger partial charge < -0.3 is 9.84 Å². The molecular formula is C12H14N4O3. The molecule has 0 radical (unpaired) electrons. The van der Waals surface area contributed by atoms with Crippen molar-refractivity contribution in [1.82, 2.24) is 20.2 Å². The van der Waals surface area contributed by atoms with Crippen LogP contribution in [-0.4, -0.2) is 38.4 Å². The maximum Gasteiger partial charge on any atom is 0.331 e. The van der Waals surface area contributed by atoms with Crippen molar-refractivity contribution in [1.29, 1.82) is 0 Å². The van der Waals surface area contributed by atoms with Crippen LogP contribution in [0.5, 0.6) is 5.75 Å². The number of carbonyl (C=O) groups is 1. The molecule has 0 fully saturated rings. The Morgan fingerprint density at radius 3 is 2.79 bits per heavy atom. The van der Waals surface area contributed by atoms with Crippen molar-refractivity contribution in [2.45, 2.75) is 19.4 Å². The van der Waals surface area contributed by atoms with E-state index < -0.39 is 11.5 Å². The second-order valence-corrected chi connectivity index (χ2v) is 4.51. The topological polar surface area (TPSA) is 90.1 Å². The van der Waals surface area contributed by atoms with Crippen LogP contribution in [0.25, 0.3) is 11.4 Å². The van der Waals surface area contributed by atoms with Crippen molar-refractivity contribution in [3.63, 3.8) is 0 Å². The normalized spacial score (nSPS) is 11.3. The minimum Gasteiger partial charge on any atom is -0.497 e. The number of hydrogen-bond acceptors (Lipinski definition) is 5. The first-order valence-electron chi connectivity index (χ1n) is 5.63. The maximum absolute atomic E-state index is 11.3. The number of rotatable bonds is 4. The van der Waals surface area contributed by atoms with Crippen molar-refractivity contribution < 1.29 is 14.6 Å². The Bertz CT molecular complexity index is 607. The Hall–Kier alpha value is -2.44. The van der Waals surface area contributed by atoms with E-state index in [0.717, 1.165) is 0 Å². The molecule has 0 saturated heterocycles. The molecular weight excluding hydrogens is 248 g/mol. The fourth-order valence-electron chi connectivity index (χ4n) is 1.60. The van der Waals surface area contributed by atoms with E-state index in [1.165, 1.54) is 18.5 Å². The summed E-state index contributed by atoms with van der Waals surface area (Å²) in [4.78, 5) is 11.3. The Morgan fingerprint density at radius 1 is 1.42 bits per heavy atom. The van der Waals surface area contributed by atoms with E-state index >= 15 is 0 Å². The average molecular weight is 262 g/mol. The number of tetrazole rings is 1. The van der Waals surface area contributed by atoms with E-state index in [1.807, 2.05) is 0 Å². The van der Waals surface area contributed by atoms with Crippen LogP contribution in [-0.2, 0) is 10.3 Å². The largest absolute Gasteiger partial charge is 0.497 e. The first-order chi connectivity index (χ1) is 8.96. The molecule has 1 aromatic carbocycles. The summed E-state index contributed by atoms with van der Waals surface area (Å²) in [6, 6.07) is 7.13. The summed E-state index contributed by atoms with van der Waals surface area (Å²) in [7, 11) is 1.56. The molecule has 2 aromatic rings. The van der Waals surface area contributed by atoms with Gasteiger partial charge in [0, 0.05) is 5.56 Å². The molecule has 1 N–H and O–H groups in total. The van der Waals surface area contributed by atoms with Crippen LogP contribution >= 0.6 is 0 Å². The Balaban J connectivity index is 2.53. The van der Waals surface area contributed by atoms with Gasteiger partial charge in [0.1, 0.15) is 5.75 Å². The standard InChI is InChI=1S/C12H14N4O3/c1-12(2,11(17)18)16-10(13-14-15-16)8-5-4-6-9(7-8)19-3/h4-7H,1-3H3,(H,17,18). The summed E-state index contributed by atoms with van der Waals surface area (Å²) in [5.41, 5.74) is -0.541. The molecule has 7 heteroatoms. The van der Waals surface area contributed by atoms with Crippen LogP contribution in [0.2, 0.25) is 0 Å². The number of carboxylic acid groups (broad SMARTS) is 1. The lowest BCUT2D eigenvalue weighted by Gasteiger charge is -2.20. The molecule has 100 valence electrons. The number of ether oxygens (including phenoxy) is 1. The molecule has 1 aromatic heterocycles. The summed E-state index contributed by atoms with van der Waals surface area (Å²) >= 11 is 0. The number of benzene rings is 1. The lowest BCUT2D eigenvalue weighted by molar-refractivity contribution is -0.146. The monoisotopic (exact) mass is 262 g/mol. The van der Waals surface area contributed by atoms with Crippen LogP contribution in [0.15, 0.2) is 24.3 Å². The predicted octanol–water partition coefficient (Wildman–Crippen LogP) is 1.17. The third-order valence-electron chi connectivity index (χ3n) is 2.85. The van der Waals surface area contributed by atoms with Gasteiger partial charge in [-0.1, -0.05) is 12.1 Å². The van der Waals surface area contributed by atoms with Gasteiger partial charge in [0.2, 0.25) is 0 Å². The van der Waals surface area contributed by atoms with Gasteiger partial charge in [0.15, 0.2) is 11.4 Å².